The van der Waals surface area contributed by atoms with Gasteiger partial charge < -0.3 is 9.67 Å². The van der Waals surface area contributed by atoms with E-state index in [0.29, 0.717) is 0 Å². The fourth-order valence-corrected chi connectivity index (χ4v) is 2.39. The van der Waals surface area contributed by atoms with Crippen LogP contribution in [0.4, 0.5) is 5.69 Å². The Morgan fingerprint density at radius 2 is 1.95 bits per heavy atom. The van der Waals surface area contributed by atoms with Crippen LogP contribution in [0.15, 0.2) is 48.5 Å². The number of phenolic OH excluding ortho intramolecular Hbond substituents is 1. The predicted molar refractivity (Wildman–Crippen MR) is 76.7 cm³/mol. The largest absolute Gasteiger partial charge is 0.508 e. The number of aromatic nitrogens is 1. The Bertz CT molecular complexity index is 821. The molecule has 2 aromatic carbocycles. The van der Waals surface area contributed by atoms with Gasteiger partial charge in [-0.25, -0.2) is 0 Å². The highest BCUT2D eigenvalue weighted by Crippen LogP contribution is 2.30. The number of fused-ring (bicyclic) bond motifs is 1. The molecular formula is C15H12N2O3. The molecule has 1 N–H and O–H groups in total. The molecule has 100 valence electrons. The van der Waals surface area contributed by atoms with Gasteiger partial charge in [0.2, 0.25) is 0 Å². The first kappa shape index (κ1) is 12.2. The van der Waals surface area contributed by atoms with Crippen LogP contribution in [0.25, 0.3) is 22.2 Å². The van der Waals surface area contributed by atoms with E-state index in [1.165, 1.54) is 6.07 Å². The van der Waals surface area contributed by atoms with Crippen molar-refractivity contribution < 1.29 is 10.0 Å². The third kappa shape index (κ3) is 1.89. The zero-order chi connectivity index (χ0) is 14.3. The number of nitro groups is 1. The van der Waals surface area contributed by atoms with Gasteiger partial charge in [0.05, 0.1) is 4.92 Å². The first-order chi connectivity index (χ1) is 9.56. The zero-order valence-electron chi connectivity index (χ0n) is 10.8. The van der Waals surface area contributed by atoms with Crippen molar-refractivity contribution in [1.29, 1.82) is 0 Å². The number of aromatic hydroxyl groups is 1. The molecule has 0 radical (unpaired) electrons. The maximum absolute atomic E-state index is 10.8. The van der Waals surface area contributed by atoms with Crippen molar-refractivity contribution in [2.45, 2.75) is 0 Å². The van der Waals surface area contributed by atoms with E-state index < -0.39 is 4.92 Å². The van der Waals surface area contributed by atoms with E-state index in [2.05, 4.69) is 0 Å². The van der Waals surface area contributed by atoms with E-state index in [9.17, 15) is 15.2 Å². The van der Waals surface area contributed by atoms with Gasteiger partial charge in [0.15, 0.2) is 0 Å². The molecular weight excluding hydrogens is 256 g/mol. The van der Waals surface area contributed by atoms with Crippen molar-refractivity contribution >= 4 is 16.6 Å². The Balaban J connectivity index is 2.22. The van der Waals surface area contributed by atoms with E-state index in [1.54, 1.807) is 30.3 Å². The Morgan fingerprint density at radius 3 is 2.65 bits per heavy atom. The summed E-state index contributed by atoms with van der Waals surface area (Å²) in [6.45, 7) is 0. The molecule has 0 fully saturated rings. The summed E-state index contributed by atoms with van der Waals surface area (Å²) < 4.78 is 1.95. The number of hydrogen-bond acceptors (Lipinski definition) is 3. The summed E-state index contributed by atoms with van der Waals surface area (Å²) in [6.07, 6.45) is 0. The number of non-ortho nitro benzene ring substituents is 1. The Labute approximate surface area is 114 Å². The van der Waals surface area contributed by atoms with E-state index in [4.69, 9.17) is 0 Å². The molecule has 0 saturated heterocycles. The first-order valence-corrected chi connectivity index (χ1v) is 6.09. The highest BCUT2D eigenvalue weighted by atomic mass is 16.6. The molecule has 0 aliphatic carbocycles. The maximum Gasteiger partial charge on any atom is 0.270 e. The van der Waals surface area contributed by atoms with Crippen LogP contribution in [-0.4, -0.2) is 14.6 Å². The molecule has 5 heteroatoms. The average molecular weight is 268 g/mol. The maximum atomic E-state index is 10.8. The second kappa shape index (κ2) is 4.38. The normalized spacial score (nSPS) is 10.8. The van der Waals surface area contributed by atoms with E-state index in [-0.39, 0.29) is 11.4 Å². The monoisotopic (exact) mass is 268 g/mol. The second-order valence-corrected chi connectivity index (χ2v) is 4.64. The second-order valence-electron chi connectivity index (χ2n) is 4.64. The number of benzene rings is 2. The van der Waals surface area contributed by atoms with Crippen LogP contribution in [0.3, 0.4) is 0 Å². The standard InChI is InChI=1S/C15H12N2O3/c1-16-14-6-5-12(17(19)20)7-11(14)9-15(16)10-3-2-4-13(18)8-10/h2-9,18H,1H3. The third-order valence-electron chi connectivity index (χ3n) is 3.38. The Hall–Kier alpha value is -2.82. The van der Waals surface area contributed by atoms with Gasteiger partial charge in [-0.3, -0.25) is 10.1 Å². The lowest BCUT2D eigenvalue weighted by Crippen LogP contribution is -1.91. The molecule has 3 rings (SSSR count). The average Bonchev–Trinajstić information content (AvgIpc) is 2.75. The molecule has 1 aromatic heterocycles. The van der Waals surface area contributed by atoms with Crippen LogP contribution in [0.1, 0.15) is 0 Å². The topological polar surface area (TPSA) is 68.3 Å². The summed E-state index contributed by atoms with van der Waals surface area (Å²) in [6, 6.07) is 13.6. The molecule has 1 heterocycles. The highest BCUT2D eigenvalue weighted by molar-refractivity contribution is 5.88. The predicted octanol–water partition coefficient (Wildman–Crippen LogP) is 3.46. The molecule has 0 bridgehead atoms. The molecule has 3 aromatic rings. The van der Waals surface area contributed by atoms with E-state index in [1.807, 2.05) is 23.7 Å². The van der Waals surface area contributed by atoms with Crippen molar-refractivity contribution in [3.8, 4) is 17.0 Å². The molecule has 0 aliphatic heterocycles. The van der Waals surface area contributed by atoms with Gasteiger partial charge in [0.1, 0.15) is 5.75 Å². The van der Waals surface area contributed by atoms with Crippen LogP contribution in [0, 0.1) is 10.1 Å². The molecule has 0 unspecified atom stereocenters. The minimum atomic E-state index is -0.402. The SMILES string of the molecule is Cn1c(-c2cccc(O)c2)cc2cc([N+](=O)[O-])ccc21. The highest BCUT2D eigenvalue weighted by Gasteiger charge is 2.12. The van der Waals surface area contributed by atoms with Crippen molar-refractivity contribution in [2.75, 3.05) is 0 Å². The molecule has 0 amide bonds. The van der Waals surface area contributed by atoms with Gasteiger partial charge in [-0.05, 0) is 24.3 Å². The van der Waals surface area contributed by atoms with Gasteiger partial charge >= 0.3 is 0 Å². The molecule has 5 nitrogen and oxygen atoms in total. The van der Waals surface area contributed by atoms with Crippen LogP contribution < -0.4 is 0 Å². The molecule has 0 saturated carbocycles. The van der Waals surface area contributed by atoms with Gasteiger partial charge in [-0.15, -0.1) is 0 Å². The van der Waals surface area contributed by atoms with Gasteiger partial charge in [-0.2, -0.15) is 0 Å². The number of hydrogen-bond donors (Lipinski definition) is 1. The van der Waals surface area contributed by atoms with Gasteiger partial charge in [0, 0.05) is 41.3 Å². The van der Waals surface area contributed by atoms with Crippen LogP contribution >= 0.6 is 0 Å². The molecule has 0 spiro atoms. The number of nitrogens with zero attached hydrogens (tertiary/aromatic N) is 2. The minimum absolute atomic E-state index is 0.0746. The lowest BCUT2D eigenvalue weighted by atomic mass is 10.1. The van der Waals surface area contributed by atoms with Crippen molar-refractivity contribution in [3.05, 3.63) is 58.6 Å². The van der Waals surface area contributed by atoms with Gasteiger partial charge in [-0.1, -0.05) is 12.1 Å². The Kier molecular flexibility index (Phi) is 2.68. The number of nitro benzene ring substituents is 1. The van der Waals surface area contributed by atoms with Crippen molar-refractivity contribution in [1.82, 2.24) is 4.57 Å². The first-order valence-electron chi connectivity index (χ1n) is 6.09. The summed E-state index contributed by atoms with van der Waals surface area (Å²) in [5.74, 6) is 0.193. The zero-order valence-corrected chi connectivity index (χ0v) is 10.8. The smallest absolute Gasteiger partial charge is 0.270 e. The summed E-state index contributed by atoms with van der Waals surface area (Å²) >= 11 is 0. The lowest BCUT2D eigenvalue weighted by Gasteiger charge is -2.04. The number of phenols is 1. The Morgan fingerprint density at radius 1 is 1.15 bits per heavy atom. The van der Waals surface area contributed by atoms with Crippen molar-refractivity contribution in [2.24, 2.45) is 7.05 Å². The van der Waals surface area contributed by atoms with Crippen LogP contribution in [0.5, 0.6) is 5.75 Å². The summed E-state index contributed by atoms with van der Waals surface area (Å²) in [4.78, 5) is 10.4. The van der Waals surface area contributed by atoms with Crippen LogP contribution in [-0.2, 0) is 7.05 Å². The quantitative estimate of drug-likeness (QED) is 0.571. The van der Waals surface area contributed by atoms with Gasteiger partial charge in [0.25, 0.3) is 5.69 Å². The number of rotatable bonds is 2. The minimum Gasteiger partial charge on any atom is -0.508 e. The summed E-state index contributed by atoms with van der Waals surface area (Å²) in [5.41, 5.74) is 2.75. The lowest BCUT2D eigenvalue weighted by molar-refractivity contribution is -0.384. The van der Waals surface area contributed by atoms with Crippen molar-refractivity contribution in [3.63, 3.8) is 0 Å². The van der Waals surface area contributed by atoms with E-state index >= 15 is 0 Å². The number of aryl methyl sites for hydroxylation is 1. The fraction of sp³-hybridized carbons (Fsp3) is 0.0667. The molecule has 0 aliphatic rings. The fourth-order valence-electron chi connectivity index (χ4n) is 2.39. The summed E-state index contributed by atoms with van der Waals surface area (Å²) in [5, 5.41) is 21.2. The third-order valence-corrected chi connectivity index (χ3v) is 3.38. The van der Waals surface area contributed by atoms with E-state index in [0.717, 1.165) is 22.2 Å². The van der Waals surface area contributed by atoms with Crippen LogP contribution in [0.2, 0.25) is 0 Å². The summed E-state index contributed by atoms with van der Waals surface area (Å²) in [7, 11) is 1.90. The molecule has 20 heavy (non-hydrogen) atoms. The molecule has 0 atom stereocenters.